The van der Waals surface area contributed by atoms with Crippen molar-refractivity contribution in [1.82, 2.24) is 19.8 Å². The van der Waals surface area contributed by atoms with Gasteiger partial charge >= 0.3 is 5.97 Å². The van der Waals surface area contributed by atoms with Gasteiger partial charge in [-0.1, -0.05) is 32.9 Å². The first-order chi connectivity index (χ1) is 14.7. The Bertz CT molecular complexity index is 981. The van der Waals surface area contributed by atoms with Crippen molar-refractivity contribution in [2.24, 2.45) is 5.92 Å². The quantitative estimate of drug-likeness (QED) is 0.510. The molecule has 11 heteroatoms. The third kappa shape index (κ3) is 6.86. The number of amides is 1. The van der Waals surface area contributed by atoms with E-state index in [1.165, 1.54) is 28.6 Å². The van der Waals surface area contributed by atoms with E-state index in [9.17, 15) is 18.0 Å². The van der Waals surface area contributed by atoms with Gasteiger partial charge in [0.1, 0.15) is 6.54 Å². The maximum absolute atomic E-state index is 12.5. The van der Waals surface area contributed by atoms with E-state index in [2.05, 4.69) is 15.5 Å². The summed E-state index contributed by atoms with van der Waals surface area (Å²) >= 11 is 0. The minimum atomic E-state index is -3.60. The third-order valence-electron chi connectivity index (χ3n) is 4.31. The zero-order valence-electron chi connectivity index (χ0n) is 18.1. The molecule has 2 rings (SSSR count). The molecule has 1 amide bonds. The highest BCUT2D eigenvalue weighted by molar-refractivity contribution is 7.89. The Hall–Kier alpha value is -2.79. The minimum absolute atomic E-state index is 0.101. The molecule has 2 aromatic rings. The molecule has 1 heterocycles. The van der Waals surface area contributed by atoms with Crippen molar-refractivity contribution in [3.8, 4) is 0 Å². The summed E-state index contributed by atoms with van der Waals surface area (Å²) in [4.78, 5) is 28.3. The van der Waals surface area contributed by atoms with Crippen molar-refractivity contribution in [3.63, 3.8) is 0 Å². The van der Waals surface area contributed by atoms with Gasteiger partial charge in [-0.3, -0.25) is 9.59 Å². The molecule has 31 heavy (non-hydrogen) atoms. The predicted molar refractivity (Wildman–Crippen MR) is 112 cm³/mol. The van der Waals surface area contributed by atoms with E-state index in [-0.39, 0.29) is 29.5 Å². The van der Waals surface area contributed by atoms with Crippen LogP contribution in [0.2, 0.25) is 0 Å². The van der Waals surface area contributed by atoms with Gasteiger partial charge in [-0.2, -0.15) is 9.29 Å². The zero-order chi connectivity index (χ0) is 23.0. The summed E-state index contributed by atoms with van der Waals surface area (Å²) < 4.78 is 36.3. The molecule has 0 unspecified atom stereocenters. The monoisotopic (exact) mass is 452 g/mol. The fraction of sp³-hybridized carbons (Fsp3) is 0.500. The molecule has 0 aliphatic carbocycles. The van der Waals surface area contributed by atoms with Gasteiger partial charge in [-0.15, -0.1) is 0 Å². The van der Waals surface area contributed by atoms with E-state index >= 15 is 0 Å². The number of sulfonamides is 1. The summed E-state index contributed by atoms with van der Waals surface area (Å²) in [5.41, 5.74) is 0.224. The van der Waals surface area contributed by atoms with Crippen molar-refractivity contribution in [2.45, 2.75) is 45.6 Å². The fourth-order valence-electron chi connectivity index (χ4n) is 2.74. The predicted octanol–water partition coefficient (Wildman–Crippen LogP) is 1.77. The Labute approximate surface area is 182 Å². The normalized spacial score (nSPS) is 11.7. The van der Waals surface area contributed by atoms with Crippen LogP contribution < -0.4 is 5.32 Å². The number of carbonyl (C=O) groups excluding carboxylic acids is 2. The molecule has 0 fully saturated rings. The number of hydrogen-bond donors (Lipinski definition) is 1. The van der Waals surface area contributed by atoms with Gasteiger partial charge in [-0.25, -0.2) is 8.42 Å². The van der Waals surface area contributed by atoms with Gasteiger partial charge in [0, 0.05) is 25.1 Å². The second kappa shape index (κ2) is 11.0. The standard InChI is InChI=1S/C20H28N4O6S/c1-5-24(6-2)31(27,28)16-9-7-15(8-10-16)20(26)21-12-19(25)29-13-18-22-17(23-30-18)11-14(3)4/h7-10,14H,5-6,11-13H2,1-4H3,(H,21,26). The van der Waals surface area contributed by atoms with Crippen LogP contribution in [0.1, 0.15) is 49.8 Å². The number of carbonyl (C=O) groups is 2. The summed E-state index contributed by atoms with van der Waals surface area (Å²) in [5.74, 6) is -0.103. The van der Waals surface area contributed by atoms with Gasteiger partial charge in [0.25, 0.3) is 11.8 Å². The van der Waals surface area contributed by atoms with Crippen molar-refractivity contribution in [1.29, 1.82) is 0 Å². The van der Waals surface area contributed by atoms with Crippen LogP contribution in [0, 0.1) is 5.92 Å². The van der Waals surface area contributed by atoms with Gasteiger partial charge in [-0.05, 0) is 30.2 Å². The molecule has 0 saturated heterocycles. The number of ether oxygens (including phenoxy) is 1. The molecule has 1 aromatic carbocycles. The summed E-state index contributed by atoms with van der Waals surface area (Å²) in [5, 5.41) is 6.23. The van der Waals surface area contributed by atoms with Gasteiger partial charge < -0.3 is 14.6 Å². The van der Waals surface area contributed by atoms with E-state index < -0.39 is 21.9 Å². The summed E-state index contributed by atoms with van der Waals surface area (Å²) in [7, 11) is -3.60. The molecule has 170 valence electrons. The van der Waals surface area contributed by atoms with Crippen LogP contribution in [0.4, 0.5) is 0 Å². The van der Waals surface area contributed by atoms with Crippen molar-refractivity contribution in [3.05, 3.63) is 41.5 Å². The summed E-state index contributed by atoms with van der Waals surface area (Å²) in [6, 6.07) is 5.52. The Morgan fingerprint density at radius 3 is 2.39 bits per heavy atom. The van der Waals surface area contributed by atoms with E-state index in [4.69, 9.17) is 9.26 Å². The number of aromatic nitrogens is 2. The first kappa shape index (κ1) is 24.5. The van der Waals surface area contributed by atoms with E-state index in [0.717, 1.165) is 0 Å². The number of esters is 1. The average molecular weight is 453 g/mol. The molecule has 0 spiro atoms. The van der Waals surface area contributed by atoms with Crippen LogP contribution in [0.5, 0.6) is 0 Å². The second-order valence-electron chi connectivity index (χ2n) is 7.16. The first-order valence-electron chi connectivity index (χ1n) is 10.0. The summed E-state index contributed by atoms with van der Waals surface area (Å²) in [6.45, 7) is 7.73. The van der Waals surface area contributed by atoms with Crippen molar-refractivity contribution >= 4 is 21.9 Å². The smallest absolute Gasteiger partial charge is 0.325 e. The lowest BCUT2D eigenvalue weighted by Gasteiger charge is -2.18. The van der Waals surface area contributed by atoms with Gasteiger partial charge in [0.05, 0.1) is 4.90 Å². The lowest BCUT2D eigenvalue weighted by atomic mass is 10.1. The van der Waals surface area contributed by atoms with Crippen LogP contribution in [0.3, 0.4) is 0 Å². The highest BCUT2D eigenvalue weighted by Crippen LogP contribution is 2.16. The molecule has 10 nitrogen and oxygen atoms in total. The SMILES string of the molecule is CCN(CC)S(=O)(=O)c1ccc(C(=O)NCC(=O)OCc2nc(CC(C)C)no2)cc1. The topological polar surface area (TPSA) is 132 Å². The fourth-order valence-corrected chi connectivity index (χ4v) is 4.19. The molecule has 0 aliphatic rings. The van der Waals surface area contributed by atoms with Crippen LogP contribution >= 0.6 is 0 Å². The molecule has 0 atom stereocenters. The minimum Gasteiger partial charge on any atom is -0.454 e. The lowest BCUT2D eigenvalue weighted by Crippen LogP contribution is -2.31. The highest BCUT2D eigenvalue weighted by Gasteiger charge is 2.21. The highest BCUT2D eigenvalue weighted by atomic mass is 32.2. The molecule has 1 aromatic heterocycles. The van der Waals surface area contributed by atoms with Crippen LogP contribution in [-0.4, -0.2) is 54.4 Å². The first-order valence-corrected chi connectivity index (χ1v) is 11.5. The van der Waals surface area contributed by atoms with Crippen LogP contribution in [-0.2, 0) is 32.6 Å². The Kier molecular flexibility index (Phi) is 8.69. The van der Waals surface area contributed by atoms with Crippen molar-refractivity contribution < 1.29 is 27.3 Å². The number of nitrogens with one attached hydrogen (secondary N) is 1. The third-order valence-corrected chi connectivity index (χ3v) is 6.37. The Morgan fingerprint density at radius 1 is 1.16 bits per heavy atom. The van der Waals surface area contributed by atoms with E-state index in [0.29, 0.717) is 31.3 Å². The Balaban J connectivity index is 1.85. The molecule has 0 saturated carbocycles. The number of benzene rings is 1. The van der Waals surface area contributed by atoms with Gasteiger partial charge in [0.15, 0.2) is 12.4 Å². The van der Waals surface area contributed by atoms with Crippen LogP contribution in [0.25, 0.3) is 0 Å². The summed E-state index contributed by atoms with van der Waals surface area (Å²) in [6.07, 6.45) is 0.655. The molecular formula is C20H28N4O6S. The maximum Gasteiger partial charge on any atom is 0.325 e. The maximum atomic E-state index is 12.5. The van der Waals surface area contributed by atoms with Gasteiger partial charge in [0.2, 0.25) is 10.0 Å². The largest absolute Gasteiger partial charge is 0.454 e. The van der Waals surface area contributed by atoms with E-state index in [1.807, 2.05) is 13.8 Å². The lowest BCUT2D eigenvalue weighted by molar-refractivity contribution is -0.144. The molecule has 0 bridgehead atoms. The zero-order valence-corrected chi connectivity index (χ0v) is 18.9. The number of nitrogens with zero attached hydrogens (tertiary/aromatic N) is 3. The van der Waals surface area contributed by atoms with Crippen molar-refractivity contribution in [2.75, 3.05) is 19.6 Å². The molecular weight excluding hydrogens is 424 g/mol. The Morgan fingerprint density at radius 2 is 1.81 bits per heavy atom. The average Bonchev–Trinajstić information content (AvgIpc) is 3.17. The van der Waals surface area contributed by atoms with E-state index in [1.54, 1.807) is 13.8 Å². The molecule has 0 aliphatic heterocycles. The molecule has 0 radical (unpaired) electrons. The molecule has 1 N–H and O–H groups in total. The number of hydrogen-bond acceptors (Lipinski definition) is 8. The number of rotatable bonds is 11. The van der Waals surface area contributed by atoms with Crippen LogP contribution in [0.15, 0.2) is 33.7 Å². The second-order valence-corrected chi connectivity index (χ2v) is 9.10.